The number of hydrogen-bond donors (Lipinski definition) is 0. The maximum absolute atomic E-state index is 6.31. The van der Waals surface area contributed by atoms with E-state index in [0.717, 1.165) is 110 Å². The van der Waals surface area contributed by atoms with Crippen molar-refractivity contribution in [3.05, 3.63) is 243 Å². The average molecular weight is 1050 g/mol. The third-order valence-electron chi connectivity index (χ3n) is 14.0. The maximum Gasteiger partial charge on any atom is 0.227 e. The van der Waals surface area contributed by atoms with E-state index in [1.165, 1.54) is 4.70 Å². The average Bonchev–Trinajstić information content (AvgIpc) is 4.36. The quantitative estimate of drug-likeness (QED) is 0.143. The lowest BCUT2D eigenvalue weighted by molar-refractivity contribution is 0.620. The smallest absolute Gasteiger partial charge is 0.227 e. The maximum atomic E-state index is 6.31. The molecule has 0 amide bonds. The van der Waals surface area contributed by atoms with Gasteiger partial charge >= 0.3 is 0 Å². The van der Waals surface area contributed by atoms with Crippen molar-refractivity contribution in [2.45, 2.75) is 0 Å². The van der Waals surface area contributed by atoms with Crippen molar-refractivity contribution in [2.24, 2.45) is 0 Å². The molecular formula is C68H40N8O3S. The summed E-state index contributed by atoms with van der Waals surface area (Å²) in [4.78, 5) is 39.1. The fraction of sp³-hybridized carbons (Fsp3) is 0. The molecule has 6 aromatic heterocycles. The molecule has 0 saturated carbocycles. The van der Waals surface area contributed by atoms with E-state index in [4.69, 9.17) is 53.1 Å². The van der Waals surface area contributed by atoms with Gasteiger partial charge in [0.2, 0.25) is 5.89 Å². The fourth-order valence-corrected chi connectivity index (χ4v) is 11.1. The molecule has 0 radical (unpaired) electrons. The van der Waals surface area contributed by atoms with E-state index >= 15 is 0 Å². The highest BCUT2D eigenvalue weighted by Crippen LogP contribution is 2.41. The molecule has 0 fully saturated rings. The zero-order valence-corrected chi connectivity index (χ0v) is 43.1. The van der Waals surface area contributed by atoms with Crippen molar-refractivity contribution >= 4 is 76.5 Å². The zero-order valence-electron chi connectivity index (χ0n) is 42.3. The first kappa shape index (κ1) is 46.5. The van der Waals surface area contributed by atoms with Gasteiger partial charge < -0.3 is 13.3 Å². The van der Waals surface area contributed by atoms with Crippen LogP contribution >= 0.6 is 11.3 Å². The van der Waals surface area contributed by atoms with E-state index in [1.807, 2.05) is 206 Å². The summed E-state index contributed by atoms with van der Waals surface area (Å²) in [7, 11) is 0. The summed E-state index contributed by atoms with van der Waals surface area (Å²) in [5.74, 6) is 4.23. The predicted octanol–water partition coefficient (Wildman–Crippen LogP) is 17.6. The van der Waals surface area contributed by atoms with Crippen LogP contribution in [0.1, 0.15) is 0 Å². The largest absolute Gasteiger partial charge is 0.456 e. The minimum Gasteiger partial charge on any atom is -0.456 e. The Balaban J connectivity index is 0.000000138. The Kier molecular flexibility index (Phi) is 11.4. The Morgan fingerprint density at radius 1 is 0.263 bits per heavy atom. The van der Waals surface area contributed by atoms with Gasteiger partial charge in [-0.3, -0.25) is 0 Å². The summed E-state index contributed by atoms with van der Waals surface area (Å²) in [6, 6.07) is 80.2. The second-order valence-electron chi connectivity index (χ2n) is 19.0. The Labute approximate surface area is 460 Å². The number of fused-ring (bicyclic) bond motifs is 8. The van der Waals surface area contributed by atoms with Gasteiger partial charge in [-0.25, -0.2) is 39.9 Å². The number of thiazole rings is 1. The minimum absolute atomic E-state index is 0.563. The van der Waals surface area contributed by atoms with Crippen molar-refractivity contribution in [3.63, 3.8) is 0 Å². The van der Waals surface area contributed by atoms with Crippen LogP contribution in [0.15, 0.2) is 256 Å². The Morgan fingerprint density at radius 3 is 1.16 bits per heavy atom. The molecule has 0 N–H and O–H groups in total. The number of para-hydroxylation sites is 3. The van der Waals surface area contributed by atoms with Gasteiger partial charge in [-0.05, 0) is 72.8 Å². The highest BCUT2D eigenvalue weighted by atomic mass is 32.1. The second-order valence-corrected chi connectivity index (χ2v) is 20.1. The number of furan rings is 2. The van der Waals surface area contributed by atoms with Crippen LogP contribution in [0, 0.1) is 0 Å². The lowest BCUT2D eigenvalue weighted by Gasteiger charge is -2.09. The molecule has 16 rings (SSSR count). The van der Waals surface area contributed by atoms with Gasteiger partial charge in [0.05, 0.1) is 10.2 Å². The molecule has 10 aromatic carbocycles. The van der Waals surface area contributed by atoms with Gasteiger partial charge in [0.25, 0.3) is 0 Å². The van der Waals surface area contributed by atoms with Gasteiger partial charge in [0.1, 0.15) is 32.9 Å². The zero-order chi connectivity index (χ0) is 52.9. The van der Waals surface area contributed by atoms with Crippen LogP contribution in [0.2, 0.25) is 0 Å². The predicted molar refractivity (Wildman–Crippen MR) is 318 cm³/mol. The molecule has 0 saturated heterocycles. The lowest BCUT2D eigenvalue weighted by Crippen LogP contribution is -2.00. The van der Waals surface area contributed by atoms with Crippen molar-refractivity contribution in [1.82, 2.24) is 39.9 Å². The number of benzene rings is 10. The molecular weight excluding hydrogens is 1010 g/mol. The molecule has 0 unspecified atom stereocenters. The second kappa shape index (κ2) is 19.6. The summed E-state index contributed by atoms with van der Waals surface area (Å²) in [6.07, 6.45) is 0. The molecule has 0 bridgehead atoms. The molecule has 376 valence electrons. The molecule has 6 heterocycles. The van der Waals surface area contributed by atoms with E-state index in [0.29, 0.717) is 40.8 Å². The summed E-state index contributed by atoms with van der Waals surface area (Å²) in [6.45, 7) is 0. The first-order chi connectivity index (χ1) is 39.6. The van der Waals surface area contributed by atoms with Gasteiger partial charge in [-0.15, -0.1) is 11.3 Å². The molecule has 11 nitrogen and oxygen atoms in total. The van der Waals surface area contributed by atoms with E-state index < -0.39 is 0 Å². The molecule has 0 aliphatic carbocycles. The van der Waals surface area contributed by atoms with Crippen molar-refractivity contribution in [2.75, 3.05) is 0 Å². The van der Waals surface area contributed by atoms with Crippen LogP contribution < -0.4 is 0 Å². The third-order valence-corrected chi connectivity index (χ3v) is 15.0. The van der Waals surface area contributed by atoms with E-state index in [1.54, 1.807) is 11.3 Å². The number of rotatable bonds is 8. The number of oxazole rings is 1. The fourth-order valence-electron chi connectivity index (χ4n) is 10.1. The lowest BCUT2D eigenvalue weighted by atomic mass is 10.0. The van der Waals surface area contributed by atoms with Crippen LogP contribution in [0.5, 0.6) is 0 Å². The monoisotopic (exact) mass is 1050 g/mol. The van der Waals surface area contributed by atoms with E-state index in [9.17, 15) is 0 Å². The Hall–Kier alpha value is -10.8. The SMILES string of the molecule is c1ccc(-c2nc(-c3ccccc3)nc(-c3cccc4oc5ccc(-c6nc7ccccc7o6)cc5c34)n2)cc1.c1ccc(-c2nc(-c3ccccc3)nc(-c3cccc4oc5ccc(-c6nc7ccccc7s6)cc5c34)n2)cc1. The van der Waals surface area contributed by atoms with Crippen LogP contribution in [0.3, 0.4) is 0 Å². The first-order valence-corrected chi connectivity index (χ1v) is 26.8. The van der Waals surface area contributed by atoms with Crippen molar-refractivity contribution in [3.8, 4) is 90.4 Å². The minimum atomic E-state index is 0.563. The van der Waals surface area contributed by atoms with Crippen LogP contribution in [0.4, 0.5) is 0 Å². The normalized spacial score (nSPS) is 11.5. The van der Waals surface area contributed by atoms with Crippen molar-refractivity contribution in [1.29, 1.82) is 0 Å². The first-order valence-electron chi connectivity index (χ1n) is 26.0. The summed E-state index contributed by atoms with van der Waals surface area (Å²) >= 11 is 1.69. The topological polar surface area (TPSA) is 143 Å². The molecule has 16 aromatic rings. The Bertz CT molecular complexity index is 4470. The highest BCUT2D eigenvalue weighted by Gasteiger charge is 2.21. The van der Waals surface area contributed by atoms with Gasteiger partial charge in [0, 0.05) is 66.1 Å². The van der Waals surface area contributed by atoms with Crippen molar-refractivity contribution < 1.29 is 13.3 Å². The summed E-state index contributed by atoms with van der Waals surface area (Å²) in [5, 5.41) is 4.83. The molecule has 0 spiro atoms. The third kappa shape index (κ3) is 8.58. The number of hydrogen-bond acceptors (Lipinski definition) is 12. The molecule has 12 heteroatoms. The summed E-state index contributed by atoms with van der Waals surface area (Å²) in [5.41, 5.74) is 13.1. The number of aromatic nitrogens is 8. The van der Waals surface area contributed by atoms with E-state index in [-0.39, 0.29) is 0 Å². The standard InChI is InChI=1S/C34H20N4O2.C34H20N4OS/c1-3-10-21(11-4-1)31-36-32(22-12-5-2-6-13-22)38-33(37-31)24-14-9-17-29-30(24)25-20-23(18-19-27(25)39-29)34-35-26-15-7-8-16-28(26)40-34;1-3-10-21(11-4-1)31-36-32(22-12-5-2-6-13-22)38-33(37-31)24-14-9-16-28-30(24)25-20-23(18-19-27(25)39-28)34-35-26-15-7-8-17-29(26)40-34/h2*1-20H. The Morgan fingerprint density at radius 2 is 0.675 bits per heavy atom. The summed E-state index contributed by atoms with van der Waals surface area (Å²) < 4.78 is 19.8. The molecule has 0 atom stereocenters. The van der Waals surface area contributed by atoms with Crippen LogP contribution in [0.25, 0.3) is 156 Å². The molecule has 0 aliphatic rings. The molecule has 80 heavy (non-hydrogen) atoms. The van der Waals surface area contributed by atoms with E-state index in [2.05, 4.69) is 36.4 Å². The van der Waals surface area contributed by atoms with Crippen LogP contribution in [-0.4, -0.2) is 39.9 Å². The molecule has 0 aliphatic heterocycles. The highest BCUT2D eigenvalue weighted by molar-refractivity contribution is 7.21. The number of nitrogens with zero attached hydrogens (tertiary/aromatic N) is 8. The van der Waals surface area contributed by atoms with Gasteiger partial charge in [0.15, 0.2) is 40.5 Å². The van der Waals surface area contributed by atoms with Crippen LogP contribution in [-0.2, 0) is 0 Å². The van der Waals surface area contributed by atoms with Gasteiger partial charge in [-0.2, -0.15) is 0 Å². The van der Waals surface area contributed by atoms with Gasteiger partial charge in [-0.1, -0.05) is 170 Å².